The van der Waals surface area contributed by atoms with E-state index in [9.17, 15) is 4.79 Å². The molecule has 0 bridgehead atoms. The quantitative estimate of drug-likeness (QED) is 0.764. The van der Waals surface area contributed by atoms with E-state index in [0.717, 1.165) is 5.56 Å². The summed E-state index contributed by atoms with van der Waals surface area (Å²) in [4.78, 5) is 11.4. The Kier molecular flexibility index (Phi) is 2.74. The van der Waals surface area contributed by atoms with Gasteiger partial charge in [0.25, 0.3) is 0 Å². The molecule has 2 aromatic rings. The van der Waals surface area contributed by atoms with Gasteiger partial charge in [0.2, 0.25) is 0 Å². The number of methoxy groups -OCH3 is 1. The summed E-state index contributed by atoms with van der Waals surface area (Å²) in [5.41, 5.74) is 6.80. The van der Waals surface area contributed by atoms with Crippen molar-refractivity contribution in [3.8, 4) is 11.4 Å². The van der Waals surface area contributed by atoms with Crippen molar-refractivity contribution in [3.05, 3.63) is 40.6 Å². The molecule has 0 aliphatic heterocycles. The molecule has 1 heterocycles. The predicted molar refractivity (Wildman–Crippen MR) is 58.6 cm³/mol. The zero-order valence-corrected chi connectivity index (χ0v) is 8.80. The van der Waals surface area contributed by atoms with Gasteiger partial charge in [0.1, 0.15) is 12.1 Å². The molecule has 0 spiro atoms. The van der Waals surface area contributed by atoms with Crippen LogP contribution in [0.4, 0.5) is 0 Å². The number of hydrogen-bond acceptors (Lipinski definition) is 4. The molecule has 1 aromatic carbocycles. The number of nitrogens with one attached hydrogen (secondary N) is 1. The first-order valence-corrected chi connectivity index (χ1v) is 4.75. The second kappa shape index (κ2) is 4.19. The Morgan fingerprint density at radius 1 is 1.56 bits per heavy atom. The summed E-state index contributed by atoms with van der Waals surface area (Å²) in [5.74, 6) is 0.589. The molecule has 6 heteroatoms. The molecule has 3 N–H and O–H groups in total. The maximum Gasteiger partial charge on any atom is 0.347 e. The minimum atomic E-state index is -0.307. The monoisotopic (exact) mass is 220 g/mol. The van der Waals surface area contributed by atoms with Crippen LogP contribution in [0.1, 0.15) is 5.56 Å². The summed E-state index contributed by atoms with van der Waals surface area (Å²) in [6, 6.07) is 5.42. The number of nitrogens with zero attached hydrogens (tertiary/aromatic N) is 2. The topological polar surface area (TPSA) is 85.9 Å². The third-order valence-corrected chi connectivity index (χ3v) is 2.29. The molecule has 0 unspecified atom stereocenters. The lowest BCUT2D eigenvalue weighted by molar-refractivity contribution is 0.412. The molecule has 84 valence electrons. The predicted octanol–water partition coefficient (Wildman–Crippen LogP) is 0.0279. The number of H-pyrrole nitrogens is 1. The Bertz CT molecular complexity index is 544. The highest BCUT2D eigenvalue weighted by Crippen LogP contribution is 2.22. The van der Waals surface area contributed by atoms with Crippen LogP contribution in [-0.4, -0.2) is 21.9 Å². The zero-order chi connectivity index (χ0) is 11.5. The van der Waals surface area contributed by atoms with Crippen LogP contribution >= 0.6 is 0 Å². The fourth-order valence-corrected chi connectivity index (χ4v) is 1.47. The summed E-state index contributed by atoms with van der Waals surface area (Å²) in [5, 5.41) is 5.99. The van der Waals surface area contributed by atoms with Gasteiger partial charge >= 0.3 is 5.69 Å². The maximum atomic E-state index is 11.4. The number of hydrogen-bond donors (Lipinski definition) is 2. The highest BCUT2D eigenvalue weighted by Gasteiger charge is 2.08. The number of benzene rings is 1. The molecule has 16 heavy (non-hydrogen) atoms. The zero-order valence-electron chi connectivity index (χ0n) is 8.80. The third kappa shape index (κ3) is 1.70. The first-order valence-electron chi connectivity index (χ1n) is 4.75. The first-order chi connectivity index (χ1) is 7.76. The number of aromatic nitrogens is 3. The highest BCUT2D eigenvalue weighted by molar-refractivity contribution is 5.48. The van der Waals surface area contributed by atoms with E-state index in [0.29, 0.717) is 18.0 Å². The molecular weight excluding hydrogens is 208 g/mol. The van der Waals surface area contributed by atoms with Crippen molar-refractivity contribution in [2.75, 3.05) is 7.11 Å². The summed E-state index contributed by atoms with van der Waals surface area (Å²) >= 11 is 0. The Morgan fingerprint density at radius 3 is 2.94 bits per heavy atom. The standard InChI is InChI=1S/C10H12N4O2/c1-16-9-4-7(5-11)2-3-8(9)14-6-12-13-10(14)15/h2-4,6H,5,11H2,1H3,(H,13,15). The van der Waals surface area contributed by atoms with Crippen LogP contribution in [0, 0.1) is 0 Å². The van der Waals surface area contributed by atoms with Crippen molar-refractivity contribution in [1.82, 2.24) is 14.8 Å². The number of ether oxygens (including phenoxy) is 1. The van der Waals surface area contributed by atoms with Gasteiger partial charge < -0.3 is 10.5 Å². The average Bonchev–Trinajstić information content (AvgIpc) is 2.74. The molecule has 0 fully saturated rings. The highest BCUT2D eigenvalue weighted by atomic mass is 16.5. The van der Waals surface area contributed by atoms with Gasteiger partial charge in [0.15, 0.2) is 0 Å². The van der Waals surface area contributed by atoms with Crippen LogP contribution in [0.25, 0.3) is 5.69 Å². The Balaban J connectivity index is 2.57. The van der Waals surface area contributed by atoms with Gasteiger partial charge in [-0.15, -0.1) is 0 Å². The van der Waals surface area contributed by atoms with E-state index in [2.05, 4.69) is 10.2 Å². The molecule has 6 nitrogen and oxygen atoms in total. The van der Waals surface area contributed by atoms with Crippen molar-refractivity contribution in [2.45, 2.75) is 6.54 Å². The molecule has 0 aliphatic carbocycles. The average molecular weight is 220 g/mol. The minimum Gasteiger partial charge on any atom is -0.495 e. The van der Waals surface area contributed by atoms with Crippen LogP contribution in [-0.2, 0) is 6.54 Å². The second-order valence-corrected chi connectivity index (χ2v) is 3.24. The van der Waals surface area contributed by atoms with Gasteiger partial charge in [0.05, 0.1) is 12.8 Å². The fourth-order valence-electron chi connectivity index (χ4n) is 1.47. The molecule has 0 amide bonds. The molecular formula is C10H12N4O2. The van der Waals surface area contributed by atoms with Gasteiger partial charge in [-0.05, 0) is 17.7 Å². The van der Waals surface area contributed by atoms with E-state index in [4.69, 9.17) is 10.5 Å². The van der Waals surface area contributed by atoms with Crippen molar-refractivity contribution < 1.29 is 4.74 Å². The SMILES string of the molecule is COc1cc(CN)ccc1-n1cn[nH]c1=O. The van der Waals surface area contributed by atoms with Crippen molar-refractivity contribution in [1.29, 1.82) is 0 Å². The van der Waals surface area contributed by atoms with E-state index in [1.165, 1.54) is 10.9 Å². The lowest BCUT2D eigenvalue weighted by atomic mass is 10.2. The Hall–Kier alpha value is -2.08. The summed E-state index contributed by atoms with van der Waals surface area (Å²) < 4.78 is 6.58. The lowest BCUT2D eigenvalue weighted by Crippen LogP contribution is -2.15. The molecule has 2 rings (SSSR count). The molecule has 0 saturated carbocycles. The third-order valence-electron chi connectivity index (χ3n) is 2.29. The lowest BCUT2D eigenvalue weighted by Gasteiger charge is -2.09. The number of nitrogens with two attached hydrogens (primary N) is 1. The van der Waals surface area contributed by atoms with E-state index in [-0.39, 0.29) is 5.69 Å². The Morgan fingerprint density at radius 2 is 2.38 bits per heavy atom. The smallest absolute Gasteiger partial charge is 0.347 e. The number of rotatable bonds is 3. The van der Waals surface area contributed by atoms with Gasteiger partial charge in [-0.3, -0.25) is 0 Å². The summed E-state index contributed by atoms with van der Waals surface area (Å²) in [6.45, 7) is 0.428. The summed E-state index contributed by atoms with van der Waals surface area (Å²) in [7, 11) is 1.55. The van der Waals surface area contributed by atoms with Crippen molar-refractivity contribution in [3.63, 3.8) is 0 Å². The molecule has 0 aliphatic rings. The fraction of sp³-hybridized carbons (Fsp3) is 0.200. The summed E-state index contributed by atoms with van der Waals surface area (Å²) in [6.07, 6.45) is 1.41. The van der Waals surface area contributed by atoms with Crippen LogP contribution in [0.3, 0.4) is 0 Å². The van der Waals surface area contributed by atoms with Gasteiger partial charge in [0, 0.05) is 6.54 Å². The van der Waals surface area contributed by atoms with Crippen molar-refractivity contribution >= 4 is 0 Å². The van der Waals surface area contributed by atoms with Crippen LogP contribution in [0.2, 0.25) is 0 Å². The molecule has 0 saturated heterocycles. The molecule has 0 radical (unpaired) electrons. The number of aromatic amines is 1. The minimum absolute atomic E-state index is 0.307. The largest absolute Gasteiger partial charge is 0.495 e. The molecule has 0 atom stereocenters. The molecule has 1 aromatic heterocycles. The van der Waals surface area contributed by atoms with Crippen LogP contribution < -0.4 is 16.2 Å². The second-order valence-electron chi connectivity index (χ2n) is 3.24. The van der Waals surface area contributed by atoms with Gasteiger partial charge in [-0.2, -0.15) is 5.10 Å². The van der Waals surface area contributed by atoms with Gasteiger partial charge in [-0.25, -0.2) is 14.5 Å². The Labute approximate surface area is 91.7 Å². The van der Waals surface area contributed by atoms with Gasteiger partial charge in [-0.1, -0.05) is 6.07 Å². The van der Waals surface area contributed by atoms with Crippen LogP contribution in [0.5, 0.6) is 5.75 Å². The first kappa shape index (κ1) is 10.4. The van der Waals surface area contributed by atoms with Crippen molar-refractivity contribution in [2.24, 2.45) is 5.73 Å². The normalized spacial score (nSPS) is 10.4. The van der Waals surface area contributed by atoms with Crippen LogP contribution in [0.15, 0.2) is 29.3 Å². The van der Waals surface area contributed by atoms with E-state index < -0.39 is 0 Å². The maximum absolute atomic E-state index is 11.4. The van der Waals surface area contributed by atoms with E-state index in [1.807, 2.05) is 6.07 Å². The van der Waals surface area contributed by atoms with E-state index >= 15 is 0 Å². The van der Waals surface area contributed by atoms with E-state index in [1.54, 1.807) is 19.2 Å².